The van der Waals surface area contributed by atoms with Crippen molar-refractivity contribution in [1.82, 2.24) is 9.80 Å². The van der Waals surface area contributed by atoms with Crippen molar-refractivity contribution in [2.45, 2.75) is 88.0 Å². The molecule has 3 saturated heterocycles. The highest BCUT2D eigenvalue weighted by Crippen LogP contribution is 2.60. The molecule has 36 heavy (non-hydrogen) atoms. The van der Waals surface area contributed by atoms with E-state index < -0.39 is 41.6 Å². The Morgan fingerprint density at radius 1 is 1.31 bits per heavy atom. The van der Waals surface area contributed by atoms with Gasteiger partial charge in [0, 0.05) is 17.4 Å². The molecule has 0 aromatic heterocycles. The summed E-state index contributed by atoms with van der Waals surface area (Å²) in [6, 6.07) is -1.65. The number of amides is 2. The van der Waals surface area contributed by atoms with E-state index in [0.717, 1.165) is 6.42 Å². The van der Waals surface area contributed by atoms with Crippen molar-refractivity contribution >= 4 is 33.7 Å². The molecule has 9 heteroatoms. The fourth-order valence-corrected chi connectivity index (χ4v) is 7.12. The van der Waals surface area contributed by atoms with Crippen LogP contribution in [0.4, 0.5) is 0 Å². The first-order valence-electron chi connectivity index (χ1n) is 13.0. The standard InChI is InChI=1S/C27H41BrN2O6/c1-7-9-10-12-35-26(34)20-21-24(32)30(18(15-31)13-16(3)4)23(25(33)29(11-8-2)17(5)6)27(21)14-19(28)22(20)36-27/h7-8,16-23,31H,1-2,9-15H2,3-6H3/t18-,19?,20+,21+,22+,23?,27?/m1/s1. The predicted octanol–water partition coefficient (Wildman–Crippen LogP) is 3.07. The summed E-state index contributed by atoms with van der Waals surface area (Å²) < 4.78 is 12.1. The minimum absolute atomic E-state index is 0.135. The minimum atomic E-state index is -1.17. The molecule has 2 bridgehead atoms. The highest BCUT2D eigenvalue weighted by Gasteiger charge is 2.77. The zero-order chi connectivity index (χ0) is 26.8. The summed E-state index contributed by atoms with van der Waals surface area (Å²) in [5, 5.41) is 10.3. The summed E-state index contributed by atoms with van der Waals surface area (Å²) in [6.07, 6.45) is 5.17. The maximum absolute atomic E-state index is 14.2. The highest BCUT2D eigenvalue weighted by molar-refractivity contribution is 9.09. The largest absolute Gasteiger partial charge is 0.465 e. The fraction of sp³-hybridized carbons (Fsp3) is 0.741. The molecule has 2 amide bonds. The van der Waals surface area contributed by atoms with E-state index in [1.54, 1.807) is 17.1 Å². The zero-order valence-corrected chi connectivity index (χ0v) is 23.5. The first-order valence-corrected chi connectivity index (χ1v) is 13.9. The second kappa shape index (κ2) is 11.8. The average Bonchev–Trinajstić information content (AvgIpc) is 3.41. The second-order valence-electron chi connectivity index (χ2n) is 10.8. The molecule has 0 saturated carbocycles. The van der Waals surface area contributed by atoms with E-state index in [2.05, 4.69) is 29.1 Å². The second-order valence-corrected chi connectivity index (χ2v) is 12.0. The molecule has 3 aliphatic rings. The number of halogens is 1. The summed E-state index contributed by atoms with van der Waals surface area (Å²) in [5.74, 6) is -2.50. The molecule has 3 rings (SSSR count). The third-order valence-corrected chi connectivity index (χ3v) is 8.45. The Balaban J connectivity index is 2.06. The van der Waals surface area contributed by atoms with Crippen molar-refractivity contribution in [3.05, 3.63) is 25.3 Å². The van der Waals surface area contributed by atoms with E-state index in [9.17, 15) is 19.5 Å². The lowest BCUT2D eigenvalue weighted by Crippen LogP contribution is -2.60. The number of nitrogens with zero attached hydrogens (tertiary/aromatic N) is 2. The lowest BCUT2D eigenvalue weighted by molar-refractivity contribution is -0.157. The molecular weight excluding hydrogens is 528 g/mol. The van der Waals surface area contributed by atoms with Crippen molar-refractivity contribution in [3.8, 4) is 0 Å². The first-order chi connectivity index (χ1) is 17.0. The number of rotatable bonds is 13. The Hall–Kier alpha value is -1.71. The maximum atomic E-state index is 14.2. The molecule has 1 spiro atoms. The molecule has 3 heterocycles. The third kappa shape index (κ3) is 5.03. The Kier molecular flexibility index (Phi) is 9.44. The lowest BCUT2D eigenvalue weighted by Gasteiger charge is -2.40. The molecule has 0 aliphatic carbocycles. The number of hydrogen-bond acceptors (Lipinski definition) is 6. The number of ether oxygens (including phenoxy) is 2. The molecule has 3 aliphatic heterocycles. The van der Waals surface area contributed by atoms with Crippen LogP contribution in [0, 0.1) is 17.8 Å². The smallest absolute Gasteiger partial charge is 0.312 e. The Bertz CT molecular complexity index is 863. The Labute approximate surface area is 223 Å². The Morgan fingerprint density at radius 2 is 2.00 bits per heavy atom. The fourth-order valence-electron chi connectivity index (χ4n) is 6.18. The van der Waals surface area contributed by atoms with Crippen LogP contribution in [0.5, 0.6) is 0 Å². The van der Waals surface area contributed by atoms with Gasteiger partial charge in [-0.3, -0.25) is 14.4 Å². The van der Waals surface area contributed by atoms with Crippen molar-refractivity contribution in [2.24, 2.45) is 17.8 Å². The molecular formula is C27H41BrN2O6. The number of carbonyl (C=O) groups is 3. The van der Waals surface area contributed by atoms with Crippen LogP contribution in [0.3, 0.4) is 0 Å². The number of aliphatic hydroxyl groups is 1. The van der Waals surface area contributed by atoms with E-state index in [0.29, 0.717) is 25.8 Å². The van der Waals surface area contributed by atoms with Crippen LogP contribution in [0.15, 0.2) is 25.3 Å². The molecule has 0 aromatic carbocycles. The number of hydrogen-bond donors (Lipinski definition) is 1. The molecule has 8 nitrogen and oxygen atoms in total. The van der Waals surface area contributed by atoms with Crippen LogP contribution in [-0.2, 0) is 23.9 Å². The van der Waals surface area contributed by atoms with E-state index in [1.807, 2.05) is 27.7 Å². The van der Waals surface area contributed by atoms with Crippen molar-refractivity contribution < 1.29 is 29.0 Å². The van der Waals surface area contributed by atoms with Crippen molar-refractivity contribution in [3.63, 3.8) is 0 Å². The number of fused-ring (bicyclic) bond motifs is 1. The summed E-state index contributed by atoms with van der Waals surface area (Å²) in [7, 11) is 0. The number of unbranched alkanes of at least 4 members (excludes halogenated alkanes) is 1. The molecule has 3 fully saturated rings. The van der Waals surface area contributed by atoms with Gasteiger partial charge in [0.15, 0.2) is 0 Å². The van der Waals surface area contributed by atoms with Gasteiger partial charge < -0.3 is 24.4 Å². The van der Waals surface area contributed by atoms with E-state index in [1.165, 1.54) is 4.90 Å². The van der Waals surface area contributed by atoms with E-state index in [4.69, 9.17) is 9.47 Å². The molecule has 202 valence electrons. The Morgan fingerprint density at radius 3 is 2.56 bits per heavy atom. The minimum Gasteiger partial charge on any atom is -0.465 e. The van der Waals surface area contributed by atoms with Gasteiger partial charge in [-0.05, 0) is 45.4 Å². The van der Waals surface area contributed by atoms with Gasteiger partial charge in [0.25, 0.3) is 0 Å². The molecule has 1 N–H and O–H groups in total. The number of aliphatic hydroxyl groups excluding tert-OH is 1. The van der Waals surface area contributed by atoms with Gasteiger partial charge in [-0.2, -0.15) is 0 Å². The summed E-state index contributed by atoms with van der Waals surface area (Å²) >= 11 is 3.67. The number of alkyl halides is 1. The van der Waals surface area contributed by atoms with Gasteiger partial charge in [-0.15, -0.1) is 13.2 Å². The quantitative estimate of drug-likeness (QED) is 0.159. The average molecular weight is 570 g/mol. The normalized spacial score (nSPS) is 31.6. The van der Waals surface area contributed by atoms with Gasteiger partial charge in [0.2, 0.25) is 11.8 Å². The first kappa shape index (κ1) is 28.9. The lowest BCUT2D eigenvalue weighted by atomic mass is 9.70. The topological polar surface area (TPSA) is 96.4 Å². The van der Waals surface area contributed by atoms with Gasteiger partial charge in [-0.25, -0.2) is 0 Å². The van der Waals surface area contributed by atoms with Crippen LogP contribution in [0.1, 0.15) is 53.4 Å². The van der Waals surface area contributed by atoms with E-state index >= 15 is 0 Å². The number of allylic oxidation sites excluding steroid dienone is 1. The van der Waals surface area contributed by atoms with Crippen LogP contribution in [0.2, 0.25) is 0 Å². The van der Waals surface area contributed by atoms with Crippen molar-refractivity contribution in [1.29, 1.82) is 0 Å². The van der Waals surface area contributed by atoms with Crippen LogP contribution < -0.4 is 0 Å². The number of esters is 1. The predicted molar refractivity (Wildman–Crippen MR) is 140 cm³/mol. The summed E-state index contributed by atoms with van der Waals surface area (Å²) in [6.45, 7) is 15.6. The van der Waals surface area contributed by atoms with Crippen molar-refractivity contribution in [2.75, 3.05) is 19.8 Å². The van der Waals surface area contributed by atoms with Gasteiger partial charge in [0.1, 0.15) is 11.6 Å². The molecule has 3 unspecified atom stereocenters. The van der Waals surface area contributed by atoms with Gasteiger partial charge in [0.05, 0.1) is 37.2 Å². The third-order valence-electron chi connectivity index (χ3n) is 7.61. The SMILES string of the molecule is C=CCCCOC(=O)[C@H]1[C@H]2C(=O)N([C@@H](CO)CC(C)C)C(C(=O)N(CC=C)C(C)C)C23CC(Br)[C@@H]1O3. The van der Waals surface area contributed by atoms with Crippen LogP contribution >= 0.6 is 15.9 Å². The van der Waals surface area contributed by atoms with Crippen LogP contribution in [0.25, 0.3) is 0 Å². The summed E-state index contributed by atoms with van der Waals surface area (Å²) in [4.78, 5) is 44.6. The maximum Gasteiger partial charge on any atom is 0.312 e. The highest BCUT2D eigenvalue weighted by atomic mass is 79.9. The molecule has 0 radical (unpaired) electrons. The number of likely N-dealkylation sites (tertiary alicyclic amines) is 1. The number of carbonyl (C=O) groups excluding carboxylic acids is 3. The zero-order valence-electron chi connectivity index (χ0n) is 21.9. The van der Waals surface area contributed by atoms with E-state index in [-0.39, 0.29) is 41.8 Å². The van der Waals surface area contributed by atoms with Gasteiger partial charge >= 0.3 is 5.97 Å². The monoisotopic (exact) mass is 568 g/mol. The molecule has 7 atom stereocenters. The summed E-state index contributed by atoms with van der Waals surface area (Å²) in [5.41, 5.74) is -1.17. The van der Waals surface area contributed by atoms with Crippen LogP contribution in [-0.4, -0.2) is 87.1 Å². The molecule has 0 aromatic rings. The van der Waals surface area contributed by atoms with Gasteiger partial charge in [-0.1, -0.05) is 41.9 Å².